The lowest BCUT2D eigenvalue weighted by Crippen LogP contribution is -2.17. The fraction of sp³-hybridized carbons (Fsp3) is 0.364. The van der Waals surface area contributed by atoms with Gasteiger partial charge in [-0.2, -0.15) is 0 Å². The SMILES string of the molecule is O=C(O)C1CNC(c2cc(Br)ccc2F)C1. The number of rotatable bonds is 2. The number of hydrogen-bond donors (Lipinski definition) is 2. The van der Waals surface area contributed by atoms with Crippen LogP contribution in [0.5, 0.6) is 0 Å². The number of halogens is 2. The normalized spacial score (nSPS) is 24.6. The first-order chi connectivity index (χ1) is 7.58. The quantitative estimate of drug-likeness (QED) is 0.878. The zero-order chi connectivity index (χ0) is 11.7. The van der Waals surface area contributed by atoms with E-state index in [9.17, 15) is 9.18 Å². The lowest BCUT2D eigenvalue weighted by atomic mass is 10.00. The molecule has 2 N–H and O–H groups in total. The van der Waals surface area contributed by atoms with Gasteiger partial charge in [0.1, 0.15) is 5.82 Å². The van der Waals surface area contributed by atoms with Crippen molar-refractivity contribution in [3.05, 3.63) is 34.1 Å². The van der Waals surface area contributed by atoms with Crippen LogP contribution in [0.1, 0.15) is 18.0 Å². The van der Waals surface area contributed by atoms with Crippen LogP contribution in [0.4, 0.5) is 4.39 Å². The number of nitrogens with one attached hydrogen (secondary N) is 1. The Bertz CT molecular complexity index is 424. The van der Waals surface area contributed by atoms with Gasteiger partial charge in [-0.3, -0.25) is 4.79 Å². The Morgan fingerprint density at radius 2 is 2.31 bits per heavy atom. The molecule has 1 fully saturated rings. The lowest BCUT2D eigenvalue weighted by molar-refractivity contribution is -0.141. The molecule has 0 spiro atoms. The van der Waals surface area contributed by atoms with Crippen molar-refractivity contribution in [2.45, 2.75) is 12.5 Å². The number of hydrogen-bond acceptors (Lipinski definition) is 2. The van der Waals surface area contributed by atoms with Crippen LogP contribution in [-0.4, -0.2) is 17.6 Å². The van der Waals surface area contributed by atoms with Gasteiger partial charge in [0.2, 0.25) is 0 Å². The van der Waals surface area contributed by atoms with Crippen LogP contribution in [-0.2, 0) is 4.79 Å². The molecule has 1 aliphatic heterocycles. The minimum atomic E-state index is -0.828. The third kappa shape index (κ3) is 2.25. The van der Waals surface area contributed by atoms with Gasteiger partial charge < -0.3 is 10.4 Å². The van der Waals surface area contributed by atoms with Crippen molar-refractivity contribution in [2.75, 3.05) is 6.54 Å². The number of aliphatic carboxylic acids is 1. The molecule has 2 rings (SSSR count). The Hall–Kier alpha value is -0.940. The Kier molecular flexibility index (Phi) is 3.25. The van der Waals surface area contributed by atoms with Gasteiger partial charge in [0.15, 0.2) is 0 Å². The largest absolute Gasteiger partial charge is 0.481 e. The Morgan fingerprint density at radius 1 is 1.56 bits per heavy atom. The minimum absolute atomic E-state index is 0.210. The molecule has 1 aliphatic rings. The van der Waals surface area contributed by atoms with Crippen LogP contribution in [0.2, 0.25) is 0 Å². The second kappa shape index (κ2) is 4.51. The van der Waals surface area contributed by atoms with Crippen LogP contribution in [0, 0.1) is 11.7 Å². The highest BCUT2D eigenvalue weighted by atomic mass is 79.9. The number of carbonyl (C=O) groups is 1. The fourth-order valence-corrected chi connectivity index (χ4v) is 2.32. The van der Waals surface area contributed by atoms with E-state index < -0.39 is 11.9 Å². The van der Waals surface area contributed by atoms with E-state index in [2.05, 4.69) is 21.2 Å². The van der Waals surface area contributed by atoms with Crippen LogP contribution < -0.4 is 5.32 Å². The zero-order valence-electron chi connectivity index (χ0n) is 8.41. The summed E-state index contributed by atoms with van der Waals surface area (Å²) in [5.41, 5.74) is 0.526. The topological polar surface area (TPSA) is 49.3 Å². The van der Waals surface area contributed by atoms with E-state index in [1.54, 1.807) is 12.1 Å². The molecule has 0 radical (unpaired) electrons. The van der Waals surface area contributed by atoms with Crippen molar-refractivity contribution in [3.63, 3.8) is 0 Å². The van der Waals surface area contributed by atoms with Crippen LogP contribution >= 0.6 is 15.9 Å². The molecule has 1 heterocycles. The molecule has 2 unspecified atom stereocenters. The summed E-state index contributed by atoms with van der Waals surface area (Å²) in [6.07, 6.45) is 0.433. The molecule has 1 aromatic carbocycles. The maximum absolute atomic E-state index is 13.5. The first-order valence-electron chi connectivity index (χ1n) is 4.99. The molecule has 3 nitrogen and oxygen atoms in total. The van der Waals surface area contributed by atoms with Crippen molar-refractivity contribution in [3.8, 4) is 0 Å². The Labute approximate surface area is 101 Å². The fourth-order valence-electron chi connectivity index (χ4n) is 1.94. The van der Waals surface area contributed by atoms with E-state index in [1.807, 2.05) is 0 Å². The second-order valence-corrected chi connectivity index (χ2v) is 4.81. The van der Waals surface area contributed by atoms with E-state index in [0.29, 0.717) is 18.5 Å². The molecule has 0 amide bonds. The standard InChI is InChI=1S/C11H11BrFNO2/c12-7-1-2-9(13)8(4-7)10-3-6(5-14-10)11(15)16/h1-2,4,6,10,14H,3,5H2,(H,15,16). The molecule has 0 aliphatic carbocycles. The monoisotopic (exact) mass is 287 g/mol. The van der Waals surface area contributed by atoms with Gasteiger partial charge in [-0.1, -0.05) is 15.9 Å². The number of carboxylic acid groups (broad SMARTS) is 1. The van der Waals surface area contributed by atoms with Crippen LogP contribution in [0.15, 0.2) is 22.7 Å². The molecular formula is C11H11BrFNO2. The average Bonchev–Trinajstić information content (AvgIpc) is 2.70. The molecule has 5 heteroatoms. The van der Waals surface area contributed by atoms with Crippen LogP contribution in [0.3, 0.4) is 0 Å². The van der Waals surface area contributed by atoms with E-state index >= 15 is 0 Å². The molecule has 2 atom stereocenters. The first-order valence-corrected chi connectivity index (χ1v) is 5.78. The van der Waals surface area contributed by atoms with Crippen molar-refractivity contribution >= 4 is 21.9 Å². The van der Waals surface area contributed by atoms with Gasteiger partial charge >= 0.3 is 5.97 Å². The summed E-state index contributed by atoms with van der Waals surface area (Å²) in [5.74, 6) is -1.56. The van der Waals surface area contributed by atoms with E-state index in [-0.39, 0.29) is 11.9 Å². The van der Waals surface area contributed by atoms with Crippen molar-refractivity contribution in [1.82, 2.24) is 5.32 Å². The van der Waals surface area contributed by atoms with Gasteiger partial charge in [0, 0.05) is 22.6 Å². The van der Waals surface area contributed by atoms with Crippen LogP contribution in [0.25, 0.3) is 0 Å². The molecular weight excluding hydrogens is 277 g/mol. The minimum Gasteiger partial charge on any atom is -0.481 e. The third-order valence-electron chi connectivity index (χ3n) is 2.81. The molecule has 0 bridgehead atoms. The third-order valence-corrected chi connectivity index (χ3v) is 3.31. The van der Waals surface area contributed by atoms with E-state index in [0.717, 1.165) is 4.47 Å². The smallest absolute Gasteiger partial charge is 0.307 e. The maximum atomic E-state index is 13.5. The average molecular weight is 288 g/mol. The summed E-state index contributed by atoms with van der Waals surface area (Å²) >= 11 is 3.28. The summed E-state index contributed by atoms with van der Waals surface area (Å²) in [5, 5.41) is 11.9. The van der Waals surface area contributed by atoms with Crippen molar-refractivity contribution < 1.29 is 14.3 Å². The summed E-state index contributed by atoms with van der Waals surface area (Å²) in [4.78, 5) is 10.8. The van der Waals surface area contributed by atoms with Gasteiger partial charge in [-0.15, -0.1) is 0 Å². The zero-order valence-corrected chi connectivity index (χ0v) is 10.00. The predicted molar refractivity (Wildman–Crippen MR) is 60.6 cm³/mol. The first kappa shape index (κ1) is 11.5. The highest BCUT2D eigenvalue weighted by Crippen LogP contribution is 2.30. The molecule has 16 heavy (non-hydrogen) atoms. The maximum Gasteiger partial charge on any atom is 0.307 e. The van der Waals surface area contributed by atoms with Gasteiger partial charge in [-0.25, -0.2) is 4.39 Å². The molecule has 1 aromatic rings. The molecule has 86 valence electrons. The summed E-state index contributed by atoms with van der Waals surface area (Å²) < 4.78 is 14.3. The highest BCUT2D eigenvalue weighted by molar-refractivity contribution is 9.10. The second-order valence-electron chi connectivity index (χ2n) is 3.90. The summed E-state index contributed by atoms with van der Waals surface area (Å²) in [6.45, 7) is 0.395. The van der Waals surface area contributed by atoms with Crippen molar-refractivity contribution in [2.24, 2.45) is 5.92 Å². The number of carboxylic acids is 1. The summed E-state index contributed by atoms with van der Waals surface area (Å²) in [7, 11) is 0. The van der Waals surface area contributed by atoms with Gasteiger partial charge in [0.25, 0.3) is 0 Å². The summed E-state index contributed by atoms with van der Waals surface area (Å²) in [6, 6.07) is 4.49. The van der Waals surface area contributed by atoms with E-state index in [4.69, 9.17) is 5.11 Å². The Morgan fingerprint density at radius 3 is 2.94 bits per heavy atom. The van der Waals surface area contributed by atoms with Gasteiger partial charge in [-0.05, 0) is 24.6 Å². The molecule has 0 aromatic heterocycles. The number of benzene rings is 1. The molecule has 0 saturated carbocycles. The Balaban J connectivity index is 2.20. The highest BCUT2D eigenvalue weighted by Gasteiger charge is 2.31. The molecule has 1 saturated heterocycles. The lowest BCUT2D eigenvalue weighted by Gasteiger charge is -2.11. The predicted octanol–water partition coefficient (Wildman–Crippen LogP) is 2.32. The van der Waals surface area contributed by atoms with E-state index in [1.165, 1.54) is 6.07 Å². The van der Waals surface area contributed by atoms with Gasteiger partial charge in [0.05, 0.1) is 5.92 Å². The van der Waals surface area contributed by atoms with Crippen molar-refractivity contribution in [1.29, 1.82) is 0 Å².